The molecule has 1 aromatic carbocycles. The van der Waals surface area contributed by atoms with E-state index in [-0.39, 0.29) is 0 Å². The first kappa shape index (κ1) is 13.3. The number of rotatable bonds is 4. The maximum absolute atomic E-state index is 4.54. The van der Waals surface area contributed by atoms with Crippen molar-refractivity contribution >= 4 is 0 Å². The number of aryl methyl sites for hydroxylation is 1. The molecule has 0 aliphatic heterocycles. The number of hydrogen-bond donors (Lipinski definition) is 0. The summed E-state index contributed by atoms with van der Waals surface area (Å²) in [6, 6.07) is 15.7. The molecule has 2 aromatic rings. The van der Waals surface area contributed by atoms with Crippen molar-refractivity contribution in [3.8, 4) is 0 Å². The third-order valence-corrected chi connectivity index (χ3v) is 4.38. The molecule has 2 nitrogen and oxygen atoms in total. The van der Waals surface area contributed by atoms with Gasteiger partial charge in [0, 0.05) is 30.9 Å². The van der Waals surface area contributed by atoms with Crippen LogP contribution in [-0.4, -0.2) is 29.5 Å². The number of benzene rings is 1. The molecule has 104 valence electrons. The Bertz CT molecular complexity index is 550. The highest BCUT2D eigenvalue weighted by atomic mass is 15.1. The zero-order valence-electron chi connectivity index (χ0n) is 12.1. The smallest absolute Gasteiger partial charge is 0.0451 e. The summed E-state index contributed by atoms with van der Waals surface area (Å²) < 4.78 is 0. The fraction of sp³-hybridized carbons (Fsp3) is 0.389. The minimum absolute atomic E-state index is 0.640. The van der Waals surface area contributed by atoms with Gasteiger partial charge in [-0.15, -0.1) is 0 Å². The molecule has 20 heavy (non-hydrogen) atoms. The molecule has 1 unspecified atom stereocenters. The van der Waals surface area contributed by atoms with Gasteiger partial charge in [0.2, 0.25) is 0 Å². The van der Waals surface area contributed by atoms with Crippen molar-refractivity contribution in [3.63, 3.8) is 0 Å². The van der Waals surface area contributed by atoms with Gasteiger partial charge in [-0.3, -0.25) is 4.98 Å². The van der Waals surface area contributed by atoms with E-state index in [9.17, 15) is 0 Å². The Morgan fingerprint density at radius 1 is 1.15 bits per heavy atom. The lowest BCUT2D eigenvalue weighted by atomic mass is 9.91. The monoisotopic (exact) mass is 266 g/mol. The van der Waals surface area contributed by atoms with Crippen LogP contribution in [0.15, 0.2) is 48.7 Å². The minimum Gasteiger partial charge on any atom is -0.303 e. The molecule has 0 bridgehead atoms. The molecule has 3 rings (SSSR count). The fourth-order valence-electron chi connectivity index (χ4n) is 3.04. The van der Waals surface area contributed by atoms with Crippen LogP contribution in [0.4, 0.5) is 0 Å². The zero-order valence-corrected chi connectivity index (χ0v) is 12.1. The van der Waals surface area contributed by atoms with Crippen LogP contribution in [0.1, 0.15) is 23.2 Å². The molecule has 0 fully saturated rings. The van der Waals surface area contributed by atoms with Crippen molar-refractivity contribution in [2.24, 2.45) is 0 Å². The normalized spacial score (nSPS) is 18.0. The van der Waals surface area contributed by atoms with Crippen LogP contribution < -0.4 is 0 Å². The Morgan fingerprint density at radius 3 is 2.85 bits per heavy atom. The second kappa shape index (κ2) is 6.19. The Balaban J connectivity index is 1.58. The standard InChI is InChI=1S/C18H22N2/c1-20(13-11-15-6-3-2-4-7-15)17-10-9-16-8-5-12-19-18(16)14-17/h2-8,12,17H,9-11,13-14H2,1H3. The van der Waals surface area contributed by atoms with Crippen LogP contribution in [0.3, 0.4) is 0 Å². The number of fused-ring (bicyclic) bond motifs is 1. The molecule has 1 aliphatic carbocycles. The Hall–Kier alpha value is -1.67. The summed E-state index contributed by atoms with van der Waals surface area (Å²) in [5, 5.41) is 0. The number of pyridine rings is 1. The molecule has 0 radical (unpaired) electrons. The predicted octanol–water partition coefficient (Wildman–Crippen LogP) is 3.11. The molecule has 1 atom stereocenters. The van der Waals surface area contributed by atoms with Crippen molar-refractivity contribution in [1.29, 1.82) is 0 Å². The molecule has 2 heteroatoms. The summed E-state index contributed by atoms with van der Waals surface area (Å²) in [4.78, 5) is 7.05. The molecular weight excluding hydrogens is 244 g/mol. The van der Waals surface area contributed by atoms with Crippen molar-refractivity contribution < 1.29 is 0 Å². The van der Waals surface area contributed by atoms with Gasteiger partial charge in [0.1, 0.15) is 0 Å². The third kappa shape index (κ3) is 3.07. The van der Waals surface area contributed by atoms with E-state index >= 15 is 0 Å². The van der Waals surface area contributed by atoms with Gasteiger partial charge < -0.3 is 4.90 Å². The average Bonchev–Trinajstić information content (AvgIpc) is 2.53. The molecule has 1 aliphatic rings. The average molecular weight is 266 g/mol. The molecule has 0 saturated carbocycles. The second-order valence-corrected chi connectivity index (χ2v) is 5.72. The van der Waals surface area contributed by atoms with Crippen LogP contribution in [-0.2, 0) is 19.3 Å². The zero-order chi connectivity index (χ0) is 13.8. The molecule has 0 saturated heterocycles. The first-order valence-corrected chi connectivity index (χ1v) is 7.50. The fourth-order valence-corrected chi connectivity index (χ4v) is 3.04. The Kier molecular flexibility index (Phi) is 4.12. The maximum atomic E-state index is 4.54. The van der Waals surface area contributed by atoms with E-state index in [0.717, 1.165) is 19.4 Å². The highest BCUT2D eigenvalue weighted by Gasteiger charge is 2.22. The summed E-state index contributed by atoms with van der Waals surface area (Å²) in [7, 11) is 2.25. The summed E-state index contributed by atoms with van der Waals surface area (Å²) in [6.07, 6.45) is 6.57. The Labute approximate surface area is 121 Å². The first-order chi connectivity index (χ1) is 9.83. The van der Waals surface area contributed by atoms with Gasteiger partial charge >= 0.3 is 0 Å². The summed E-state index contributed by atoms with van der Waals surface area (Å²) in [6.45, 7) is 1.12. The summed E-state index contributed by atoms with van der Waals surface area (Å²) in [5.74, 6) is 0. The number of aromatic nitrogens is 1. The van der Waals surface area contributed by atoms with Gasteiger partial charge in [-0.25, -0.2) is 0 Å². The molecule has 0 N–H and O–H groups in total. The molecule has 0 spiro atoms. The van der Waals surface area contributed by atoms with Crippen LogP contribution in [0.5, 0.6) is 0 Å². The highest BCUT2D eigenvalue weighted by molar-refractivity contribution is 5.23. The van der Waals surface area contributed by atoms with E-state index in [1.165, 1.54) is 29.7 Å². The van der Waals surface area contributed by atoms with Crippen molar-refractivity contribution in [2.45, 2.75) is 31.7 Å². The van der Waals surface area contributed by atoms with Crippen molar-refractivity contribution in [1.82, 2.24) is 9.88 Å². The van der Waals surface area contributed by atoms with Gasteiger partial charge in [-0.2, -0.15) is 0 Å². The molecule has 1 aromatic heterocycles. The quantitative estimate of drug-likeness (QED) is 0.845. The van der Waals surface area contributed by atoms with E-state index in [2.05, 4.69) is 59.4 Å². The van der Waals surface area contributed by atoms with E-state index in [1.807, 2.05) is 6.20 Å². The van der Waals surface area contributed by atoms with Gasteiger partial charge in [0.05, 0.1) is 0 Å². The number of nitrogens with zero attached hydrogens (tertiary/aromatic N) is 2. The minimum atomic E-state index is 0.640. The highest BCUT2D eigenvalue weighted by Crippen LogP contribution is 2.22. The molecule has 0 amide bonds. The van der Waals surface area contributed by atoms with E-state index in [1.54, 1.807) is 0 Å². The summed E-state index contributed by atoms with van der Waals surface area (Å²) >= 11 is 0. The van der Waals surface area contributed by atoms with Gasteiger partial charge in [0.15, 0.2) is 0 Å². The van der Waals surface area contributed by atoms with Crippen molar-refractivity contribution in [2.75, 3.05) is 13.6 Å². The predicted molar refractivity (Wildman–Crippen MR) is 82.8 cm³/mol. The number of hydrogen-bond acceptors (Lipinski definition) is 2. The summed E-state index contributed by atoms with van der Waals surface area (Å²) in [5.41, 5.74) is 4.17. The van der Waals surface area contributed by atoms with Crippen molar-refractivity contribution in [3.05, 3.63) is 65.5 Å². The van der Waals surface area contributed by atoms with Crippen LogP contribution >= 0.6 is 0 Å². The topological polar surface area (TPSA) is 16.1 Å². The van der Waals surface area contributed by atoms with Gasteiger partial charge in [-0.05, 0) is 43.5 Å². The maximum Gasteiger partial charge on any atom is 0.0451 e. The second-order valence-electron chi connectivity index (χ2n) is 5.72. The first-order valence-electron chi connectivity index (χ1n) is 7.50. The number of likely N-dealkylation sites (N-methyl/N-ethyl adjacent to an activating group) is 1. The van der Waals surface area contributed by atoms with E-state index in [0.29, 0.717) is 6.04 Å². The SMILES string of the molecule is CN(CCc1ccccc1)C1CCc2cccnc2C1. The van der Waals surface area contributed by atoms with E-state index < -0.39 is 0 Å². The lowest BCUT2D eigenvalue weighted by molar-refractivity contribution is 0.222. The lowest BCUT2D eigenvalue weighted by Gasteiger charge is -2.31. The lowest BCUT2D eigenvalue weighted by Crippen LogP contribution is -2.38. The van der Waals surface area contributed by atoms with Crippen LogP contribution in [0.2, 0.25) is 0 Å². The largest absolute Gasteiger partial charge is 0.303 e. The van der Waals surface area contributed by atoms with Crippen LogP contribution in [0.25, 0.3) is 0 Å². The third-order valence-electron chi connectivity index (χ3n) is 4.38. The Morgan fingerprint density at radius 2 is 2.00 bits per heavy atom. The van der Waals surface area contributed by atoms with Gasteiger partial charge in [0.25, 0.3) is 0 Å². The van der Waals surface area contributed by atoms with Gasteiger partial charge in [-0.1, -0.05) is 36.4 Å². The van der Waals surface area contributed by atoms with Crippen LogP contribution in [0, 0.1) is 0 Å². The van der Waals surface area contributed by atoms with E-state index in [4.69, 9.17) is 0 Å². The molecule has 1 heterocycles. The molecular formula is C18H22N2.